The Kier molecular flexibility index (Phi) is 4.72. The average Bonchev–Trinajstić information content (AvgIpc) is 3.21. The number of rotatable bonds is 5. The van der Waals surface area contributed by atoms with Crippen LogP contribution in [0.15, 0.2) is 22.6 Å². The van der Waals surface area contributed by atoms with Crippen molar-refractivity contribution in [2.45, 2.75) is 44.7 Å². The summed E-state index contributed by atoms with van der Waals surface area (Å²) in [5, 5.41) is 3.39. The number of carbonyl (C=O) groups excluding carboxylic acids is 1. The van der Waals surface area contributed by atoms with E-state index in [1.807, 2.05) is 30.0 Å². The minimum Gasteiger partial charge on any atom is -0.441 e. The first-order valence-electron chi connectivity index (χ1n) is 9.19. The number of likely N-dealkylation sites (tertiary alicyclic amines) is 1. The summed E-state index contributed by atoms with van der Waals surface area (Å²) in [5.74, 6) is 0.962. The fourth-order valence-electron chi connectivity index (χ4n) is 3.84. The minimum absolute atomic E-state index is 0.0750. The lowest BCUT2D eigenvalue weighted by atomic mass is 10.1. The summed E-state index contributed by atoms with van der Waals surface area (Å²) < 4.78 is 11.2. The lowest BCUT2D eigenvalue weighted by molar-refractivity contribution is -0.132. The summed E-state index contributed by atoms with van der Waals surface area (Å²) >= 11 is 0. The number of fused-ring (bicyclic) bond motifs is 1. The molecular weight excluding hydrogens is 318 g/mol. The molecule has 1 N–H and O–H groups in total. The second-order valence-electron chi connectivity index (χ2n) is 6.95. The molecule has 25 heavy (non-hydrogen) atoms. The van der Waals surface area contributed by atoms with Gasteiger partial charge in [0.1, 0.15) is 5.52 Å². The number of para-hydroxylation sites is 1. The maximum atomic E-state index is 12.6. The van der Waals surface area contributed by atoms with Crippen LogP contribution in [0.5, 0.6) is 0 Å². The summed E-state index contributed by atoms with van der Waals surface area (Å²) in [6, 6.07) is 6.24. The molecule has 2 aliphatic heterocycles. The van der Waals surface area contributed by atoms with E-state index in [0.717, 1.165) is 61.6 Å². The summed E-state index contributed by atoms with van der Waals surface area (Å²) in [4.78, 5) is 19.2. The van der Waals surface area contributed by atoms with E-state index in [9.17, 15) is 4.79 Å². The largest absolute Gasteiger partial charge is 0.441 e. The van der Waals surface area contributed by atoms with Crippen molar-refractivity contribution in [2.75, 3.05) is 26.3 Å². The minimum atomic E-state index is -0.0750. The number of aryl methyl sites for hydroxylation is 1. The first kappa shape index (κ1) is 16.5. The number of benzene rings is 1. The highest BCUT2D eigenvalue weighted by Crippen LogP contribution is 2.22. The Bertz CT molecular complexity index is 751. The van der Waals surface area contributed by atoms with Gasteiger partial charge in [0.25, 0.3) is 0 Å². The summed E-state index contributed by atoms with van der Waals surface area (Å²) in [7, 11) is 0. The second kappa shape index (κ2) is 7.14. The van der Waals surface area contributed by atoms with E-state index >= 15 is 0 Å². The smallest absolute Gasteiger partial charge is 0.240 e. The highest BCUT2D eigenvalue weighted by molar-refractivity contribution is 5.84. The van der Waals surface area contributed by atoms with E-state index < -0.39 is 0 Å². The number of hydrogen-bond donors (Lipinski definition) is 1. The van der Waals surface area contributed by atoms with Crippen molar-refractivity contribution in [1.82, 2.24) is 15.2 Å². The molecule has 0 spiro atoms. The molecule has 1 aromatic heterocycles. The molecule has 1 unspecified atom stereocenters. The molecule has 1 atom stereocenters. The molecule has 0 aliphatic carbocycles. The van der Waals surface area contributed by atoms with Crippen LogP contribution in [-0.2, 0) is 16.0 Å². The Hall–Kier alpha value is -1.92. The Morgan fingerprint density at radius 3 is 2.92 bits per heavy atom. The van der Waals surface area contributed by atoms with Crippen LogP contribution < -0.4 is 5.32 Å². The Morgan fingerprint density at radius 2 is 2.12 bits per heavy atom. The number of hydrogen-bond acceptors (Lipinski definition) is 5. The van der Waals surface area contributed by atoms with Gasteiger partial charge < -0.3 is 19.4 Å². The van der Waals surface area contributed by atoms with Gasteiger partial charge in [-0.25, -0.2) is 4.98 Å². The molecule has 2 saturated heterocycles. The first-order chi connectivity index (χ1) is 12.2. The Morgan fingerprint density at radius 1 is 1.28 bits per heavy atom. The van der Waals surface area contributed by atoms with Crippen molar-refractivity contribution in [3.8, 4) is 0 Å². The van der Waals surface area contributed by atoms with E-state index in [4.69, 9.17) is 9.15 Å². The molecule has 0 radical (unpaired) electrons. The van der Waals surface area contributed by atoms with Gasteiger partial charge in [-0.1, -0.05) is 12.1 Å². The Balaban J connectivity index is 1.31. The number of nitrogens with one attached hydrogen (secondary N) is 1. The van der Waals surface area contributed by atoms with Crippen molar-refractivity contribution in [1.29, 1.82) is 0 Å². The lowest BCUT2D eigenvalue weighted by Gasteiger charge is -2.31. The maximum absolute atomic E-state index is 12.6. The van der Waals surface area contributed by atoms with Crippen molar-refractivity contribution < 1.29 is 13.9 Å². The third-order valence-electron chi connectivity index (χ3n) is 5.27. The number of carbonyl (C=O) groups is 1. The van der Waals surface area contributed by atoms with Gasteiger partial charge in [0.05, 0.1) is 6.04 Å². The quantitative estimate of drug-likeness (QED) is 0.900. The van der Waals surface area contributed by atoms with E-state index in [1.165, 1.54) is 0 Å². The number of aromatic nitrogens is 1. The van der Waals surface area contributed by atoms with Crippen molar-refractivity contribution in [3.63, 3.8) is 0 Å². The second-order valence-corrected chi connectivity index (χ2v) is 6.95. The molecule has 6 nitrogen and oxygen atoms in total. The number of nitrogens with zero attached hydrogens (tertiary/aromatic N) is 2. The SMILES string of the molecule is Cc1cccc2oc(CCNC3CCN(C4CCOCC4)C3=O)nc12. The van der Waals surface area contributed by atoms with Crippen LogP contribution in [0.2, 0.25) is 0 Å². The monoisotopic (exact) mass is 343 g/mol. The van der Waals surface area contributed by atoms with Crippen LogP contribution in [0.4, 0.5) is 0 Å². The zero-order valence-electron chi connectivity index (χ0n) is 14.7. The van der Waals surface area contributed by atoms with Gasteiger partial charge in [0.2, 0.25) is 5.91 Å². The van der Waals surface area contributed by atoms with Gasteiger partial charge in [-0.2, -0.15) is 0 Å². The first-order valence-corrected chi connectivity index (χ1v) is 9.19. The van der Waals surface area contributed by atoms with E-state index in [-0.39, 0.29) is 11.9 Å². The molecule has 1 aromatic carbocycles. The van der Waals surface area contributed by atoms with Gasteiger partial charge in [-0.15, -0.1) is 0 Å². The van der Waals surface area contributed by atoms with Crippen LogP contribution in [0.1, 0.15) is 30.7 Å². The van der Waals surface area contributed by atoms with E-state index in [0.29, 0.717) is 19.0 Å². The molecule has 6 heteroatoms. The van der Waals surface area contributed by atoms with Gasteiger partial charge >= 0.3 is 0 Å². The predicted octanol–water partition coefficient (Wildman–Crippen LogP) is 2.05. The van der Waals surface area contributed by atoms with Crippen molar-refractivity contribution in [2.24, 2.45) is 0 Å². The standard InChI is InChI=1S/C19H25N3O3/c1-13-3-2-4-16-18(13)21-17(25-16)5-9-20-15-6-10-22(19(15)23)14-7-11-24-12-8-14/h2-4,14-15,20H,5-12H2,1H3. The zero-order chi connectivity index (χ0) is 17.2. The maximum Gasteiger partial charge on any atom is 0.240 e. The number of amides is 1. The van der Waals surface area contributed by atoms with Crippen LogP contribution in [-0.4, -0.2) is 54.2 Å². The fraction of sp³-hybridized carbons (Fsp3) is 0.579. The predicted molar refractivity (Wildman–Crippen MR) is 94.4 cm³/mol. The fourth-order valence-corrected chi connectivity index (χ4v) is 3.84. The van der Waals surface area contributed by atoms with Gasteiger partial charge in [0, 0.05) is 38.8 Å². The van der Waals surface area contributed by atoms with Gasteiger partial charge in [0.15, 0.2) is 11.5 Å². The molecule has 2 aromatic rings. The molecule has 0 saturated carbocycles. The molecule has 134 valence electrons. The number of ether oxygens (including phenoxy) is 1. The molecule has 0 bridgehead atoms. The summed E-state index contributed by atoms with van der Waals surface area (Å²) in [5.41, 5.74) is 2.89. The molecule has 1 amide bonds. The van der Waals surface area contributed by atoms with Crippen molar-refractivity contribution in [3.05, 3.63) is 29.7 Å². The van der Waals surface area contributed by atoms with Crippen LogP contribution in [0.3, 0.4) is 0 Å². The molecular formula is C19H25N3O3. The van der Waals surface area contributed by atoms with Gasteiger partial charge in [-0.3, -0.25) is 4.79 Å². The number of oxazole rings is 1. The van der Waals surface area contributed by atoms with Crippen molar-refractivity contribution >= 4 is 17.0 Å². The molecule has 2 fully saturated rings. The van der Waals surface area contributed by atoms with Gasteiger partial charge in [-0.05, 0) is 37.8 Å². The van der Waals surface area contributed by atoms with Crippen LogP contribution in [0, 0.1) is 6.92 Å². The third-order valence-corrected chi connectivity index (χ3v) is 5.27. The molecule has 4 rings (SSSR count). The lowest BCUT2D eigenvalue weighted by Crippen LogP contribution is -2.45. The summed E-state index contributed by atoms with van der Waals surface area (Å²) in [6.07, 6.45) is 3.49. The van der Waals surface area contributed by atoms with Crippen LogP contribution in [0.25, 0.3) is 11.1 Å². The molecule has 2 aliphatic rings. The highest BCUT2D eigenvalue weighted by Gasteiger charge is 2.36. The van der Waals surface area contributed by atoms with E-state index in [2.05, 4.69) is 10.3 Å². The normalized spacial score (nSPS) is 22.2. The van der Waals surface area contributed by atoms with E-state index in [1.54, 1.807) is 0 Å². The topological polar surface area (TPSA) is 67.6 Å². The highest BCUT2D eigenvalue weighted by atomic mass is 16.5. The summed E-state index contributed by atoms with van der Waals surface area (Å²) in [6.45, 7) is 5.12. The third kappa shape index (κ3) is 3.41. The molecule has 3 heterocycles. The Labute approximate surface area is 147 Å². The van der Waals surface area contributed by atoms with Crippen LogP contribution >= 0.6 is 0 Å². The average molecular weight is 343 g/mol. The zero-order valence-corrected chi connectivity index (χ0v) is 14.7.